The van der Waals surface area contributed by atoms with Crippen LogP contribution in [-0.4, -0.2) is 29.8 Å². The molecule has 2 aromatic heterocycles. The summed E-state index contributed by atoms with van der Waals surface area (Å²) >= 11 is 0. The van der Waals surface area contributed by atoms with Crippen LogP contribution in [0.5, 0.6) is 11.5 Å². The van der Waals surface area contributed by atoms with E-state index in [1.807, 2.05) is 74.0 Å². The van der Waals surface area contributed by atoms with Gasteiger partial charge in [-0.1, -0.05) is 23.3 Å². The van der Waals surface area contributed by atoms with Crippen LogP contribution in [0.3, 0.4) is 0 Å². The Hall–Kier alpha value is -3.54. The van der Waals surface area contributed by atoms with Gasteiger partial charge in [0.25, 0.3) is 0 Å². The molecule has 0 aliphatic heterocycles. The molecule has 0 aliphatic rings. The summed E-state index contributed by atoms with van der Waals surface area (Å²) in [7, 11) is 3.83. The number of phenolic OH excluding ortho intramolecular Hbond substituents is 2. The number of nitrogens with zero attached hydrogens (tertiary/aromatic N) is 4. The van der Waals surface area contributed by atoms with Gasteiger partial charge in [-0.2, -0.15) is 10.2 Å². The molecule has 6 nitrogen and oxygen atoms in total. The van der Waals surface area contributed by atoms with E-state index >= 15 is 0 Å². The minimum atomic E-state index is 0.258. The van der Waals surface area contributed by atoms with Gasteiger partial charge in [0.2, 0.25) is 0 Å². The summed E-state index contributed by atoms with van der Waals surface area (Å²) in [4.78, 5) is 0. The van der Waals surface area contributed by atoms with E-state index in [2.05, 4.69) is 10.2 Å². The monoisotopic (exact) mass is 430 g/mol. The molecule has 0 saturated heterocycles. The summed E-state index contributed by atoms with van der Waals surface area (Å²) in [6.45, 7) is 4.03. The van der Waals surface area contributed by atoms with Crippen LogP contribution in [-0.2, 0) is 26.9 Å². The smallest absolute Gasteiger partial charge is 0.125 e. The number of unbranched alkanes of at least 4 members (excludes halogenated alkanes) is 1. The number of benzene rings is 2. The van der Waals surface area contributed by atoms with Crippen molar-refractivity contribution in [3.05, 3.63) is 71.0 Å². The lowest BCUT2D eigenvalue weighted by molar-refractivity contribution is 0.476. The summed E-state index contributed by atoms with van der Waals surface area (Å²) in [5.41, 5.74) is 7.72. The molecule has 0 saturated carbocycles. The van der Waals surface area contributed by atoms with E-state index < -0.39 is 0 Å². The Kier molecular flexibility index (Phi) is 6.04. The van der Waals surface area contributed by atoms with Crippen LogP contribution in [0.1, 0.15) is 35.1 Å². The maximum atomic E-state index is 10.3. The maximum Gasteiger partial charge on any atom is 0.125 e. The molecule has 166 valence electrons. The summed E-state index contributed by atoms with van der Waals surface area (Å²) in [6, 6.07) is 11.2. The molecule has 2 aromatic carbocycles. The zero-order valence-electron chi connectivity index (χ0n) is 19.1. The van der Waals surface area contributed by atoms with Gasteiger partial charge >= 0.3 is 0 Å². The first kappa shape index (κ1) is 21.7. The first-order valence-corrected chi connectivity index (χ1v) is 11.0. The molecule has 0 unspecified atom stereocenters. The van der Waals surface area contributed by atoms with Crippen LogP contribution in [0, 0.1) is 13.8 Å². The maximum absolute atomic E-state index is 10.3. The standard InChI is InChI=1S/C26H30N4O2/c1-17-9-11-23(31)21(13-17)25-19(15-29(3)27-25)7-5-6-8-20-16-30(4)28-26(20)22-14-18(2)10-12-24(22)32/h9-16,31-32H,5-8H2,1-4H3. The molecular formula is C26H30N4O2. The molecule has 0 fully saturated rings. The SMILES string of the molecule is Cc1ccc(O)c(-c2nn(C)cc2CCCCc2cn(C)nc2-c2cc(C)ccc2O)c1. The van der Waals surface area contributed by atoms with Gasteiger partial charge in [-0.15, -0.1) is 0 Å². The highest BCUT2D eigenvalue weighted by atomic mass is 16.3. The van der Waals surface area contributed by atoms with Gasteiger partial charge in [0.1, 0.15) is 11.5 Å². The molecule has 0 atom stereocenters. The van der Waals surface area contributed by atoms with Crippen molar-refractivity contribution in [2.24, 2.45) is 14.1 Å². The predicted molar refractivity (Wildman–Crippen MR) is 127 cm³/mol. The van der Waals surface area contributed by atoms with E-state index in [1.54, 1.807) is 12.1 Å². The second-order valence-electron chi connectivity index (χ2n) is 8.60. The Balaban J connectivity index is 1.48. The van der Waals surface area contributed by atoms with Crippen LogP contribution in [0.4, 0.5) is 0 Å². The second-order valence-corrected chi connectivity index (χ2v) is 8.60. The van der Waals surface area contributed by atoms with Crippen molar-refractivity contribution in [2.45, 2.75) is 39.5 Å². The normalized spacial score (nSPS) is 11.2. The number of aryl methyl sites for hydroxylation is 6. The van der Waals surface area contributed by atoms with Crippen molar-refractivity contribution in [1.82, 2.24) is 19.6 Å². The number of hydrogen-bond acceptors (Lipinski definition) is 4. The summed E-state index contributed by atoms with van der Waals surface area (Å²) in [5, 5.41) is 29.9. The lowest BCUT2D eigenvalue weighted by Gasteiger charge is -2.07. The van der Waals surface area contributed by atoms with Crippen LogP contribution in [0.15, 0.2) is 48.8 Å². The molecule has 0 amide bonds. The van der Waals surface area contributed by atoms with E-state index in [0.717, 1.165) is 70.5 Å². The lowest BCUT2D eigenvalue weighted by Crippen LogP contribution is -1.93. The largest absolute Gasteiger partial charge is 0.507 e. The molecule has 4 aromatic rings. The minimum Gasteiger partial charge on any atom is -0.507 e. The zero-order valence-corrected chi connectivity index (χ0v) is 19.1. The molecule has 2 N–H and O–H groups in total. The Morgan fingerprint density at radius 3 is 1.50 bits per heavy atom. The number of hydrogen-bond donors (Lipinski definition) is 2. The minimum absolute atomic E-state index is 0.258. The number of aromatic nitrogens is 4. The van der Waals surface area contributed by atoms with Gasteiger partial charge in [-0.25, -0.2) is 0 Å². The van der Waals surface area contributed by atoms with Gasteiger partial charge in [0.05, 0.1) is 11.4 Å². The van der Waals surface area contributed by atoms with Gasteiger partial charge in [-0.3, -0.25) is 9.36 Å². The Labute approximate surface area is 188 Å². The summed E-state index contributed by atoms with van der Waals surface area (Å²) in [6.07, 6.45) is 7.80. The average Bonchev–Trinajstić information content (AvgIpc) is 3.30. The molecule has 6 heteroatoms. The van der Waals surface area contributed by atoms with Crippen LogP contribution in [0.25, 0.3) is 22.5 Å². The quantitative estimate of drug-likeness (QED) is 0.401. The third kappa shape index (κ3) is 4.54. The average molecular weight is 431 g/mol. The van der Waals surface area contributed by atoms with E-state index in [4.69, 9.17) is 0 Å². The predicted octanol–water partition coefficient (Wildman–Crippen LogP) is 5.08. The highest BCUT2D eigenvalue weighted by molar-refractivity contribution is 5.71. The van der Waals surface area contributed by atoms with Crippen LogP contribution < -0.4 is 0 Å². The highest BCUT2D eigenvalue weighted by Gasteiger charge is 2.16. The Bertz CT molecular complexity index is 1160. The fourth-order valence-electron chi connectivity index (χ4n) is 4.20. The molecule has 4 rings (SSSR count). The van der Waals surface area contributed by atoms with Crippen molar-refractivity contribution in [1.29, 1.82) is 0 Å². The Morgan fingerprint density at radius 2 is 1.09 bits per heavy atom. The third-order valence-electron chi connectivity index (χ3n) is 5.77. The zero-order chi connectivity index (χ0) is 22.8. The van der Waals surface area contributed by atoms with Crippen LogP contribution >= 0.6 is 0 Å². The molecule has 0 bridgehead atoms. The van der Waals surface area contributed by atoms with E-state index in [9.17, 15) is 10.2 Å². The summed E-state index contributed by atoms with van der Waals surface area (Å²) in [5.74, 6) is 0.516. The molecule has 0 spiro atoms. The van der Waals surface area contributed by atoms with Crippen molar-refractivity contribution in [2.75, 3.05) is 0 Å². The highest BCUT2D eigenvalue weighted by Crippen LogP contribution is 2.33. The van der Waals surface area contributed by atoms with Crippen molar-refractivity contribution < 1.29 is 10.2 Å². The fraction of sp³-hybridized carbons (Fsp3) is 0.308. The summed E-state index contributed by atoms with van der Waals surface area (Å²) < 4.78 is 3.62. The molecular weight excluding hydrogens is 400 g/mol. The number of rotatable bonds is 7. The first-order chi connectivity index (χ1) is 15.3. The lowest BCUT2D eigenvalue weighted by atomic mass is 9.98. The van der Waals surface area contributed by atoms with E-state index in [-0.39, 0.29) is 11.5 Å². The topological polar surface area (TPSA) is 76.1 Å². The number of aromatic hydroxyl groups is 2. The van der Waals surface area contributed by atoms with Crippen LogP contribution in [0.2, 0.25) is 0 Å². The number of phenols is 2. The molecule has 32 heavy (non-hydrogen) atoms. The molecule has 0 radical (unpaired) electrons. The molecule has 0 aliphatic carbocycles. The second kappa shape index (κ2) is 8.91. The van der Waals surface area contributed by atoms with Gasteiger partial charge in [0.15, 0.2) is 0 Å². The van der Waals surface area contributed by atoms with Crippen molar-refractivity contribution in [3.8, 4) is 34.0 Å². The van der Waals surface area contributed by atoms with Gasteiger partial charge in [0, 0.05) is 37.6 Å². The Morgan fingerprint density at radius 1 is 0.688 bits per heavy atom. The van der Waals surface area contributed by atoms with E-state index in [0.29, 0.717) is 0 Å². The van der Waals surface area contributed by atoms with Gasteiger partial charge in [-0.05, 0) is 74.9 Å². The van der Waals surface area contributed by atoms with E-state index in [1.165, 1.54) is 0 Å². The van der Waals surface area contributed by atoms with Crippen molar-refractivity contribution >= 4 is 0 Å². The molecule has 2 heterocycles. The fourth-order valence-corrected chi connectivity index (χ4v) is 4.20. The first-order valence-electron chi connectivity index (χ1n) is 11.0. The van der Waals surface area contributed by atoms with Crippen molar-refractivity contribution in [3.63, 3.8) is 0 Å². The van der Waals surface area contributed by atoms with Gasteiger partial charge < -0.3 is 10.2 Å². The third-order valence-corrected chi connectivity index (χ3v) is 5.77.